The van der Waals surface area contributed by atoms with Crippen molar-refractivity contribution in [1.29, 1.82) is 0 Å². The number of rotatable bonds is 10. The molecular formula is C19H30FN3O4. The first-order chi connectivity index (χ1) is 13.1. The Morgan fingerprint density at radius 2 is 2.15 bits per heavy atom. The lowest BCUT2D eigenvalue weighted by molar-refractivity contribution is 0.0347. The SMILES string of the molecule is CCNC(=NCC(O)COc1ccc(F)cc1)NC(C)COC1CCOC1. The summed E-state index contributed by atoms with van der Waals surface area (Å²) < 4.78 is 29.4. The lowest BCUT2D eigenvalue weighted by Crippen LogP contribution is -2.45. The second-order valence-electron chi connectivity index (χ2n) is 6.50. The third-order valence-corrected chi connectivity index (χ3v) is 3.91. The molecule has 1 fully saturated rings. The zero-order valence-corrected chi connectivity index (χ0v) is 16.0. The van der Waals surface area contributed by atoms with Gasteiger partial charge in [-0.2, -0.15) is 0 Å². The number of halogens is 1. The standard InChI is InChI=1S/C19H30FN3O4/c1-3-21-19(23-14(2)11-26-18-8-9-25-13-18)22-10-16(24)12-27-17-6-4-15(20)5-7-17/h4-7,14,16,18,24H,3,8-13H2,1-2H3,(H2,21,22,23). The van der Waals surface area contributed by atoms with E-state index in [1.807, 2.05) is 13.8 Å². The molecule has 3 unspecified atom stereocenters. The molecule has 0 bridgehead atoms. The largest absolute Gasteiger partial charge is 0.491 e. The van der Waals surface area contributed by atoms with Crippen molar-refractivity contribution >= 4 is 5.96 Å². The maximum absolute atomic E-state index is 12.9. The van der Waals surface area contributed by atoms with Gasteiger partial charge in [0.1, 0.15) is 24.3 Å². The van der Waals surface area contributed by atoms with Crippen LogP contribution in [0.15, 0.2) is 29.3 Å². The second kappa shape index (κ2) is 11.7. The van der Waals surface area contributed by atoms with E-state index in [1.54, 1.807) is 0 Å². The Labute approximate surface area is 159 Å². The average Bonchev–Trinajstić information content (AvgIpc) is 3.18. The summed E-state index contributed by atoms with van der Waals surface area (Å²) in [5.74, 6) is 0.788. The molecule has 1 aromatic carbocycles. The highest BCUT2D eigenvalue weighted by Gasteiger charge is 2.17. The molecule has 8 heteroatoms. The van der Waals surface area contributed by atoms with Crippen molar-refractivity contribution in [2.45, 2.75) is 38.5 Å². The normalized spacial score (nSPS) is 19.6. The first kappa shape index (κ1) is 21.4. The number of nitrogens with zero attached hydrogens (tertiary/aromatic N) is 1. The van der Waals surface area contributed by atoms with Gasteiger partial charge in [0.25, 0.3) is 0 Å². The summed E-state index contributed by atoms with van der Waals surface area (Å²) in [4.78, 5) is 4.38. The Morgan fingerprint density at radius 1 is 1.37 bits per heavy atom. The summed E-state index contributed by atoms with van der Waals surface area (Å²) in [7, 11) is 0. The van der Waals surface area contributed by atoms with E-state index in [4.69, 9.17) is 14.2 Å². The summed E-state index contributed by atoms with van der Waals surface area (Å²) in [6.07, 6.45) is 0.327. The topological polar surface area (TPSA) is 84.3 Å². The van der Waals surface area contributed by atoms with Crippen molar-refractivity contribution in [3.8, 4) is 5.75 Å². The van der Waals surface area contributed by atoms with Crippen LogP contribution in [-0.4, -0.2) is 68.8 Å². The van der Waals surface area contributed by atoms with Gasteiger partial charge in [-0.15, -0.1) is 0 Å². The van der Waals surface area contributed by atoms with E-state index < -0.39 is 6.10 Å². The smallest absolute Gasteiger partial charge is 0.191 e. The van der Waals surface area contributed by atoms with E-state index in [-0.39, 0.29) is 31.1 Å². The molecule has 0 aliphatic carbocycles. The molecular weight excluding hydrogens is 353 g/mol. The van der Waals surface area contributed by atoms with Crippen LogP contribution in [0.1, 0.15) is 20.3 Å². The molecule has 1 heterocycles. The number of benzene rings is 1. The Kier molecular flexibility index (Phi) is 9.30. The Hall–Kier alpha value is -1.90. The fourth-order valence-electron chi connectivity index (χ4n) is 2.49. The summed E-state index contributed by atoms with van der Waals surface area (Å²) in [5, 5.41) is 16.5. The van der Waals surface area contributed by atoms with Gasteiger partial charge < -0.3 is 30.0 Å². The zero-order valence-electron chi connectivity index (χ0n) is 16.0. The molecule has 1 aromatic rings. The predicted octanol–water partition coefficient (Wildman–Crippen LogP) is 1.31. The van der Waals surface area contributed by atoms with Gasteiger partial charge in [0.05, 0.1) is 25.9 Å². The summed E-state index contributed by atoms with van der Waals surface area (Å²) in [6.45, 7) is 6.91. The van der Waals surface area contributed by atoms with Gasteiger partial charge in [-0.05, 0) is 44.5 Å². The van der Waals surface area contributed by atoms with E-state index in [2.05, 4.69) is 15.6 Å². The summed E-state index contributed by atoms with van der Waals surface area (Å²) in [5.41, 5.74) is 0. The molecule has 0 aromatic heterocycles. The Balaban J connectivity index is 1.72. The Bertz CT molecular complexity index is 565. The molecule has 27 heavy (non-hydrogen) atoms. The monoisotopic (exact) mass is 383 g/mol. The van der Waals surface area contributed by atoms with Crippen molar-refractivity contribution in [3.05, 3.63) is 30.1 Å². The minimum Gasteiger partial charge on any atom is -0.491 e. The molecule has 1 aliphatic rings. The molecule has 1 aliphatic heterocycles. The van der Waals surface area contributed by atoms with Gasteiger partial charge in [-0.1, -0.05) is 0 Å². The fraction of sp³-hybridized carbons (Fsp3) is 0.632. The van der Waals surface area contributed by atoms with Crippen LogP contribution in [-0.2, 0) is 9.47 Å². The minimum absolute atomic E-state index is 0.0657. The van der Waals surface area contributed by atoms with Crippen LogP contribution in [0.25, 0.3) is 0 Å². The number of aliphatic imine (C=N–C) groups is 1. The highest BCUT2D eigenvalue weighted by molar-refractivity contribution is 5.80. The fourth-order valence-corrected chi connectivity index (χ4v) is 2.49. The lowest BCUT2D eigenvalue weighted by Gasteiger charge is -2.20. The molecule has 0 spiro atoms. The summed E-state index contributed by atoms with van der Waals surface area (Å²) in [6, 6.07) is 5.74. The number of aliphatic hydroxyl groups excluding tert-OH is 1. The van der Waals surface area contributed by atoms with Gasteiger partial charge in [-0.25, -0.2) is 4.39 Å². The van der Waals surface area contributed by atoms with Crippen LogP contribution in [0.2, 0.25) is 0 Å². The molecule has 0 radical (unpaired) electrons. The van der Waals surface area contributed by atoms with Crippen molar-refractivity contribution in [3.63, 3.8) is 0 Å². The van der Waals surface area contributed by atoms with Crippen LogP contribution in [0.3, 0.4) is 0 Å². The van der Waals surface area contributed by atoms with Crippen molar-refractivity contribution in [2.24, 2.45) is 4.99 Å². The van der Waals surface area contributed by atoms with Crippen molar-refractivity contribution in [2.75, 3.05) is 39.5 Å². The maximum atomic E-state index is 12.9. The molecule has 0 saturated carbocycles. The highest BCUT2D eigenvalue weighted by Crippen LogP contribution is 2.11. The molecule has 0 amide bonds. The lowest BCUT2D eigenvalue weighted by atomic mass is 10.3. The minimum atomic E-state index is -0.771. The van der Waals surface area contributed by atoms with Gasteiger partial charge in [0.2, 0.25) is 0 Å². The van der Waals surface area contributed by atoms with E-state index in [9.17, 15) is 9.50 Å². The third-order valence-electron chi connectivity index (χ3n) is 3.91. The number of guanidine groups is 1. The molecule has 2 rings (SSSR count). The predicted molar refractivity (Wildman–Crippen MR) is 102 cm³/mol. The molecule has 7 nitrogen and oxygen atoms in total. The van der Waals surface area contributed by atoms with Crippen molar-refractivity contribution in [1.82, 2.24) is 10.6 Å². The van der Waals surface area contributed by atoms with Gasteiger partial charge in [0.15, 0.2) is 5.96 Å². The number of ether oxygens (including phenoxy) is 3. The van der Waals surface area contributed by atoms with Crippen LogP contribution in [0.4, 0.5) is 4.39 Å². The summed E-state index contributed by atoms with van der Waals surface area (Å²) >= 11 is 0. The van der Waals surface area contributed by atoms with E-state index in [1.165, 1.54) is 24.3 Å². The molecule has 1 saturated heterocycles. The number of aliphatic hydroxyl groups is 1. The molecule has 152 valence electrons. The average molecular weight is 383 g/mol. The van der Waals surface area contributed by atoms with Crippen LogP contribution in [0.5, 0.6) is 5.75 Å². The zero-order chi connectivity index (χ0) is 19.5. The number of hydrogen-bond donors (Lipinski definition) is 3. The van der Waals surface area contributed by atoms with E-state index in [0.29, 0.717) is 31.5 Å². The van der Waals surface area contributed by atoms with E-state index >= 15 is 0 Å². The van der Waals surface area contributed by atoms with Gasteiger partial charge in [-0.3, -0.25) is 4.99 Å². The molecule has 3 atom stereocenters. The first-order valence-corrected chi connectivity index (χ1v) is 9.37. The van der Waals surface area contributed by atoms with Crippen LogP contribution < -0.4 is 15.4 Å². The quantitative estimate of drug-likeness (QED) is 0.417. The number of hydrogen-bond acceptors (Lipinski definition) is 5. The van der Waals surface area contributed by atoms with Gasteiger partial charge in [0, 0.05) is 19.2 Å². The van der Waals surface area contributed by atoms with E-state index in [0.717, 1.165) is 13.0 Å². The maximum Gasteiger partial charge on any atom is 0.191 e. The highest BCUT2D eigenvalue weighted by atomic mass is 19.1. The first-order valence-electron chi connectivity index (χ1n) is 9.37. The van der Waals surface area contributed by atoms with Crippen molar-refractivity contribution < 1.29 is 23.7 Å². The van der Waals surface area contributed by atoms with Crippen LogP contribution in [0, 0.1) is 5.82 Å². The Morgan fingerprint density at radius 3 is 2.81 bits per heavy atom. The number of nitrogens with one attached hydrogen (secondary N) is 2. The molecule has 3 N–H and O–H groups in total. The van der Waals surface area contributed by atoms with Gasteiger partial charge >= 0.3 is 0 Å². The third kappa shape index (κ3) is 8.55. The van der Waals surface area contributed by atoms with Crippen LogP contribution >= 0.6 is 0 Å². The second-order valence-corrected chi connectivity index (χ2v) is 6.50.